The predicted octanol–water partition coefficient (Wildman–Crippen LogP) is 3.68. The van der Waals surface area contributed by atoms with Crippen LogP contribution in [0.5, 0.6) is 5.75 Å². The van der Waals surface area contributed by atoms with Gasteiger partial charge < -0.3 is 21.1 Å². The van der Waals surface area contributed by atoms with Gasteiger partial charge in [0, 0.05) is 23.1 Å². The summed E-state index contributed by atoms with van der Waals surface area (Å²) in [4.78, 5) is 11.8. The second-order valence-electron chi connectivity index (χ2n) is 4.05. The average molecular weight is 336 g/mol. The van der Waals surface area contributed by atoms with E-state index in [1.807, 2.05) is 0 Å². The van der Waals surface area contributed by atoms with Gasteiger partial charge in [-0.05, 0) is 52.3 Å². The number of ether oxygens (including phenoxy) is 1. The minimum atomic E-state index is -0.334. The van der Waals surface area contributed by atoms with E-state index in [-0.39, 0.29) is 6.03 Å². The first kappa shape index (κ1) is 14.2. The smallest absolute Gasteiger partial charge is 0.323 e. The second kappa shape index (κ2) is 6.29. The molecule has 0 aromatic heterocycles. The van der Waals surface area contributed by atoms with Gasteiger partial charge >= 0.3 is 6.03 Å². The fourth-order valence-corrected chi connectivity index (χ4v) is 2.01. The van der Waals surface area contributed by atoms with Crippen molar-refractivity contribution >= 4 is 39.0 Å². The third-order valence-corrected chi connectivity index (χ3v) is 3.23. The first-order valence-corrected chi connectivity index (χ1v) is 6.65. The Morgan fingerprint density at radius 3 is 2.35 bits per heavy atom. The fourth-order valence-electron chi connectivity index (χ4n) is 1.60. The van der Waals surface area contributed by atoms with Crippen LogP contribution in [0, 0.1) is 0 Å². The molecule has 5 nitrogen and oxygen atoms in total. The van der Waals surface area contributed by atoms with Gasteiger partial charge in [0.15, 0.2) is 0 Å². The minimum Gasteiger partial charge on any atom is -0.495 e. The van der Waals surface area contributed by atoms with Crippen molar-refractivity contribution in [1.82, 2.24) is 0 Å². The van der Waals surface area contributed by atoms with E-state index < -0.39 is 0 Å². The number of anilines is 3. The molecule has 0 aliphatic rings. The van der Waals surface area contributed by atoms with E-state index in [2.05, 4.69) is 26.6 Å². The maximum atomic E-state index is 11.8. The molecule has 0 heterocycles. The summed E-state index contributed by atoms with van der Waals surface area (Å²) >= 11 is 3.35. The first-order chi connectivity index (χ1) is 9.58. The molecule has 2 aromatic carbocycles. The Bertz CT molecular complexity index is 614. The van der Waals surface area contributed by atoms with Crippen LogP contribution >= 0.6 is 15.9 Å². The molecule has 0 aliphatic heterocycles. The monoisotopic (exact) mass is 335 g/mol. The Labute approximate surface area is 125 Å². The molecule has 2 amide bonds. The van der Waals surface area contributed by atoms with E-state index in [1.54, 1.807) is 49.6 Å². The van der Waals surface area contributed by atoms with Crippen molar-refractivity contribution in [3.63, 3.8) is 0 Å². The van der Waals surface area contributed by atoms with Crippen LogP contribution in [0.4, 0.5) is 21.9 Å². The number of carbonyl (C=O) groups is 1. The van der Waals surface area contributed by atoms with Crippen LogP contribution in [0.2, 0.25) is 0 Å². The summed E-state index contributed by atoms with van der Waals surface area (Å²) in [6.07, 6.45) is 0. The largest absolute Gasteiger partial charge is 0.495 e. The summed E-state index contributed by atoms with van der Waals surface area (Å²) in [5.41, 5.74) is 7.53. The van der Waals surface area contributed by atoms with Crippen LogP contribution in [0.25, 0.3) is 0 Å². The molecule has 0 saturated heterocycles. The maximum absolute atomic E-state index is 11.8. The van der Waals surface area contributed by atoms with Gasteiger partial charge in [-0.3, -0.25) is 0 Å². The highest BCUT2D eigenvalue weighted by molar-refractivity contribution is 9.10. The molecule has 2 aromatic rings. The number of benzene rings is 2. The van der Waals surface area contributed by atoms with Gasteiger partial charge in [0.2, 0.25) is 0 Å². The topological polar surface area (TPSA) is 76.4 Å². The summed E-state index contributed by atoms with van der Waals surface area (Å²) in [7, 11) is 1.57. The number of carbonyl (C=O) groups excluding carboxylic acids is 1. The van der Waals surface area contributed by atoms with Crippen LogP contribution in [0.1, 0.15) is 0 Å². The zero-order valence-electron chi connectivity index (χ0n) is 10.8. The van der Waals surface area contributed by atoms with Crippen molar-refractivity contribution in [1.29, 1.82) is 0 Å². The van der Waals surface area contributed by atoms with Crippen molar-refractivity contribution in [2.45, 2.75) is 0 Å². The number of hydrogen-bond acceptors (Lipinski definition) is 3. The number of rotatable bonds is 3. The van der Waals surface area contributed by atoms with Gasteiger partial charge in [-0.2, -0.15) is 0 Å². The van der Waals surface area contributed by atoms with Crippen molar-refractivity contribution < 1.29 is 9.53 Å². The Kier molecular flexibility index (Phi) is 4.47. The Hall–Kier alpha value is -2.21. The van der Waals surface area contributed by atoms with E-state index in [0.717, 1.165) is 4.47 Å². The van der Waals surface area contributed by atoms with Crippen molar-refractivity contribution in [3.8, 4) is 5.75 Å². The molecule has 0 fully saturated rings. The molecule has 0 saturated carbocycles. The van der Waals surface area contributed by atoms with E-state index >= 15 is 0 Å². The SMILES string of the molecule is COc1cc(NC(=O)Nc2ccc(N)cc2)ccc1Br. The van der Waals surface area contributed by atoms with E-state index in [4.69, 9.17) is 10.5 Å². The maximum Gasteiger partial charge on any atom is 0.323 e. The molecule has 4 N–H and O–H groups in total. The van der Waals surface area contributed by atoms with E-state index in [0.29, 0.717) is 22.8 Å². The van der Waals surface area contributed by atoms with Gasteiger partial charge in [-0.25, -0.2) is 4.79 Å². The first-order valence-electron chi connectivity index (χ1n) is 5.85. The minimum absolute atomic E-state index is 0.334. The molecule has 104 valence electrons. The number of nitrogens with two attached hydrogens (primary N) is 1. The molecule has 0 radical (unpaired) electrons. The molecule has 0 unspecified atom stereocenters. The highest BCUT2D eigenvalue weighted by Crippen LogP contribution is 2.27. The zero-order valence-corrected chi connectivity index (χ0v) is 12.4. The molecular weight excluding hydrogens is 322 g/mol. The second-order valence-corrected chi connectivity index (χ2v) is 4.90. The van der Waals surface area contributed by atoms with E-state index in [9.17, 15) is 4.79 Å². The zero-order chi connectivity index (χ0) is 14.5. The molecular formula is C14H14BrN3O2. The quantitative estimate of drug-likeness (QED) is 0.748. The van der Waals surface area contributed by atoms with Crippen molar-refractivity contribution in [2.24, 2.45) is 0 Å². The molecule has 20 heavy (non-hydrogen) atoms. The lowest BCUT2D eigenvalue weighted by molar-refractivity contribution is 0.262. The lowest BCUT2D eigenvalue weighted by Crippen LogP contribution is -2.19. The van der Waals surface area contributed by atoms with Crippen LogP contribution < -0.4 is 21.1 Å². The standard InChI is InChI=1S/C14H14BrN3O2/c1-20-13-8-11(6-7-12(13)15)18-14(19)17-10-4-2-9(16)3-5-10/h2-8H,16H2,1H3,(H2,17,18,19). The van der Waals surface area contributed by atoms with Crippen molar-refractivity contribution in [2.75, 3.05) is 23.5 Å². The third-order valence-electron chi connectivity index (χ3n) is 2.58. The molecule has 0 atom stereocenters. The van der Waals surface area contributed by atoms with Crippen LogP contribution in [-0.2, 0) is 0 Å². The van der Waals surface area contributed by atoms with E-state index in [1.165, 1.54) is 0 Å². The average Bonchev–Trinajstić information content (AvgIpc) is 2.43. The number of nitrogen functional groups attached to an aromatic ring is 1. The number of urea groups is 1. The summed E-state index contributed by atoms with van der Waals surface area (Å²) < 4.78 is 5.99. The van der Waals surface area contributed by atoms with Gasteiger partial charge in [-0.15, -0.1) is 0 Å². The van der Waals surface area contributed by atoms with Gasteiger partial charge in [0.25, 0.3) is 0 Å². The Morgan fingerprint density at radius 2 is 1.70 bits per heavy atom. The summed E-state index contributed by atoms with van der Waals surface area (Å²) in [6.45, 7) is 0. The van der Waals surface area contributed by atoms with Gasteiger partial charge in [0.1, 0.15) is 5.75 Å². The molecule has 0 bridgehead atoms. The highest BCUT2D eigenvalue weighted by Gasteiger charge is 2.05. The number of hydrogen-bond donors (Lipinski definition) is 3. The Balaban J connectivity index is 2.02. The molecule has 6 heteroatoms. The molecule has 0 aliphatic carbocycles. The highest BCUT2D eigenvalue weighted by atomic mass is 79.9. The Morgan fingerprint density at radius 1 is 1.10 bits per heavy atom. The molecule has 2 rings (SSSR count). The number of amides is 2. The third kappa shape index (κ3) is 3.64. The van der Waals surface area contributed by atoms with Crippen LogP contribution in [0.3, 0.4) is 0 Å². The summed E-state index contributed by atoms with van der Waals surface area (Å²) in [5.74, 6) is 0.648. The van der Waals surface area contributed by atoms with Crippen LogP contribution in [-0.4, -0.2) is 13.1 Å². The van der Waals surface area contributed by atoms with Crippen molar-refractivity contribution in [3.05, 3.63) is 46.9 Å². The number of nitrogens with one attached hydrogen (secondary N) is 2. The number of halogens is 1. The summed E-state index contributed by atoms with van der Waals surface area (Å²) in [5, 5.41) is 5.44. The molecule has 0 spiro atoms. The lowest BCUT2D eigenvalue weighted by atomic mass is 10.3. The fraction of sp³-hybridized carbons (Fsp3) is 0.0714. The predicted molar refractivity (Wildman–Crippen MR) is 84.2 cm³/mol. The van der Waals surface area contributed by atoms with Gasteiger partial charge in [-0.1, -0.05) is 0 Å². The lowest BCUT2D eigenvalue weighted by Gasteiger charge is -2.10. The van der Waals surface area contributed by atoms with Gasteiger partial charge in [0.05, 0.1) is 11.6 Å². The summed E-state index contributed by atoms with van der Waals surface area (Å²) in [6, 6.07) is 11.9. The van der Waals surface area contributed by atoms with Crippen LogP contribution in [0.15, 0.2) is 46.9 Å². The normalized spacial score (nSPS) is 9.90. The number of methoxy groups -OCH3 is 1.